The number of nitrogens with zero attached hydrogens (tertiary/aromatic N) is 1. The fourth-order valence-electron chi connectivity index (χ4n) is 2.11. The molecule has 5 heteroatoms. The minimum absolute atomic E-state index is 0.302. The number of hydrogen-bond acceptors (Lipinski definition) is 5. The Kier molecular flexibility index (Phi) is 5.11. The minimum atomic E-state index is 0.302. The van der Waals surface area contributed by atoms with Crippen LogP contribution in [0.25, 0.3) is 0 Å². The molecule has 0 aromatic heterocycles. The summed E-state index contributed by atoms with van der Waals surface area (Å²) in [6, 6.07) is 0.698. The van der Waals surface area contributed by atoms with E-state index in [1.807, 2.05) is 11.9 Å². The molecule has 2 atom stereocenters. The lowest BCUT2D eigenvalue weighted by molar-refractivity contribution is 0.00149. The van der Waals surface area contributed by atoms with Gasteiger partial charge in [-0.25, -0.2) is 4.31 Å². The van der Waals surface area contributed by atoms with E-state index in [9.17, 15) is 0 Å². The Morgan fingerprint density at radius 2 is 2.24 bits per heavy atom. The molecule has 2 aliphatic rings. The van der Waals surface area contributed by atoms with Gasteiger partial charge < -0.3 is 14.8 Å². The van der Waals surface area contributed by atoms with Gasteiger partial charge in [0.1, 0.15) is 0 Å². The molecule has 2 heterocycles. The average Bonchev–Trinajstić information content (AvgIpc) is 2.59. The van der Waals surface area contributed by atoms with Crippen molar-refractivity contribution in [2.24, 2.45) is 0 Å². The van der Waals surface area contributed by atoms with Crippen LogP contribution in [0.2, 0.25) is 0 Å². The van der Waals surface area contributed by atoms with E-state index in [1.165, 1.54) is 0 Å². The topological polar surface area (TPSA) is 33.7 Å². The third kappa shape index (κ3) is 4.10. The van der Waals surface area contributed by atoms with E-state index in [4.69, 9.17) is 9.47 Å². The third-order valence-corrected chi connectivity index (χ3v) is 4.47. The van der Waals surface area contributed by atoms with Crippen LogP contribution < -0.4 is 5.32 Å². The zero-order valence-electron chi connectivity index (χ0n) is 11.0. The molecular formula is C12H24N2O2S. The lowest BCUT2D eigenvalue weighted by atomic mass is 10.2. The van der Waals surface area contributed by atoms with E-state index in [0.29, 0.717) is 24.4 Å². The van der Waals surface area contributed by atoms with Crippen molar-refractivity contribution in [2.75, 3.05) is 32.5 Å². The number of rotatable bonds is 6. The van der Waals surface area contributed by atoms with Gasteiger partial charge in [-0.2, -0.15) is 0 Å². The van der Waals surface area contributed by atoms with Crippen LogP contribution in [0.1, 0.15) is 20.3 Å². The van der Waals surface area contributed by atoms with E-state index in [-0.39, 0.29) is 0 Å². The van der Waals surface area contributed by atoms with Crippen LogP contribution >= 0.6 is 11.9 Å². The summed E-state index contributed by atoms with van der Waals surface area (Å²) in [5.41, 5.74) is 0. The molecule has 0 bridgehead atoms. The summed E-state index contributed by atoms with van der Waals surface area (Å²) in [5, 5.41) is 3.29. The quantitative estimate of drug-likeness (QED) is 0.724. The number of hydrogen-bond donors (Lipinski definition) is 1. The largest absolute Gasteiger partial charge is 0.375 e. The molecule has 0 radical (unpaired) electrons. The molecule has 0 spiro atoms. The molecule has 0 amide bonds. The van der Waals surface area contributed by atoms with E-state index in [1.54, 1.807) is 0 Å². The maximum absolute atomic E-state index is 5.77. The maximum atomic E-state index is 5.77. The van der Waals surface area contributed by atoms with Crippen LogP contribution in [0.4, 0.5) is 0 Å². The zero-order chi connectivity index (χ0) is 12.3. The first-order valence-corrected chi connectivity index (χ1v) is 7.43. The Balaban J connectivity index is 1.60. The fourth-order valence-corrected chi connectivity index (χ4v) is 3.10. The van der Waals surface area contributed by atoms with Gasteiger partial charge in [0, 0.05) is 31.3 Å². The first kappa shape index (κ1) is 13.6. The predicted molar refractivity (Wildman–Crippen MR) is 71.2 cm³/mol. The van der Waals surface area contributed by atoms with Crippen LogP contribution in [-0.4, -0.2) is 61.2 Å². The molecular weight excluding hydrogens is 236 g/mol. The van der Waals surface area contributed by atoms with E-state index >= 15 is 0 Å². The highest BCUT2D eigenvalue weighted by molar-refractivity contribution is 7.97. The summed E-state index contributed by atoms with van der Waals surface area (Å²) < 4.78 is 13.9. The minimum Gasteiger partial charge on any atom is -0.375 e. The monoisotopic (exact) mass is 260 g/mol. The molecule has 1 N–H and O–H groups in total. The Labute approximate surface area is 109 Å². The smallest absolute Gasteiger partial charge is 0.0837 e. The van der Waals surface area contributed by atoms with Gasteiger partial charge in [-0.05, 0) is 20.9 Å². The van der Waals surface area contributed by atoms with Gasteiger partial charge in [-0.15, -0.1) is 0 Å². The predicted octanol–water partition coefficient (Wildman–Crippen LogP) is 1.12. The van der Waals surface area contributed by atoms with Crippen LogP contribution in [0.15, 0.2) is 0 Å². The number of ether oxygens (including phenoxy) is 2. The van der Waals surface area contributed by atoms with Crippen LogP contribution in [-0.2, 0) is 9.47 Å². The molecule has 0 aliphatic carbocycles. The van der Waals surface area contributed by atoms with Crippen molar-refractivity contribution in [2.45, 2.75) is 44.6 Å². The van der Waals surface area contributed by atoms with Crippen molar-refractivity contribution < 1.29 is 9.47 Å². The average molecular weight is 260 g/mol. The second kappa shape index (κ2) is 6.38. The molecule has 0 aromatic rings. The third-order valence-electron chi connectivity index (χ3n) is 3.25. The highest BCUT2D eigenvalue weighted by Crippen LogP contribution is 2.23. The van der Waals surface area contributed by atoms with Gasteiger partial charge in [0.25, 0.3) is 0 Å². The molecule has 0 aromatic carbocycles. The summed E-state index contributed by atoms with van der Waals surface area (Å²) in [4.78, 5) is 0. The van der Waals surface area contributed by atoms with Crippen molar-refractivity contribution in [1.82, 2.24) is 9.62 Å². The lowest BCUT2D eigenvalue weighted by Gasteiger charge is -2.35. The molecule has 2 aliphatic heterocycles. The van der Waals surface area contributed by atoms with Crippen LogP contribution in [0, 0.1) is 0 Å². The van der Waals surface area contributed by atoms with Crippen LogP contribution in [0.3, 0.4) is 0 Å². The maximum Gasteiger partial charge on any atom is 0.0837 e. The Morgan fingerprint density at radius 1 is 1.47 bits per heavy atom. The van der Waals surface area contributed by atoms with Crippen LogP contribution in [0.5, 0.6) is 0 Å². The summed E-state index contributed by atoms with van der Waals surface area (Å²) in [5.74, 6) is 1.05. The van der Waals surface area contributed by atoms with Crippen molar-refractivity contribution in [3.05, 3.63) is 0 Å². The van der Waals surface area contributed by atoms with E-state index in [0.717, 1.165) is 31.9 Å². The Morgan fingerprint density at radius 3 is 2.82 bits per heavy atom. The highest BCUT2D eigenvalue weighted by Gasteiger charge is 2.28. The van der Waals surface area contributed by atoms with Gasteiger partial charge in [-0.1, -0.05) is 11.9 Å². The standard InChI is InChI=1S/C12H24N2O2S/c1-9(2)16-11-4-12(15-7-11)8-17-14(3)10-5-13-6-10/h9-13H,4-8H2,1-3H3. The number of likely N-dealkylation sites (N-methyl/N-ethyl adjacent to an activating group) is 1. The Hall–Kier alpha value is 0.190. The molecule has 0 saturated carbocycles. The van der Waals surface area contributed by atoms with Crippen molar-refractivity contribution in [3.8, 4) is 0 Å². The van der Waals surface area contributed by atoms with Crippen molar-refractivity contribution >= 4 is 11.9 Å². The Bertz CT molecular complexity index is 237. The lowest BCUT2D eigenvalue weighted by Crippen LogP contribution is -2.53. The second-order valence-corrected chi connectivity index (χ2v) is 6.32. The second-order valence-electron chi connectivity index (χ2n) is 5.15. The zero-order valence-corrected chi connectivity index (χ0v) is 11.8. The van der Waals surface area contributed by atoms with Gasteiger partial charge in [0.2, 0.25) is 0 Å². The molecule has 2 saturated heterocycles. The fraction of sp³-hybridized carbons (Fsp3) is 1.00. The summed E-state index contributed by atoms with van der Waals surface area (Å²) in [6.45, 7) is 7.17. The molecule has 2 unspecified atom stereocenters. The summed E-state index contributed by atoms with van der Waals surface area (Å²) in [7, 11) is 2.17. The molecule has 17 heavy (non-hydrogen) atoms. The molecule has 4 nitrogen and oxygen atoms in total. The van der Waals surface area contributed by atoms with E-state index < -0.39 is 0 Å². The SMILES string of the molecule is CC(C)OC1COC(CSN(C)C2CNC2)C1. The van der Waals surface area contributed by atoms with E-state index in [2.05, 4.69) is 30.5 Å². The van der Waals surface area contributed by atoms with Gasteiger partial charge in [-0.3, -0.25) is 0 Å². The highest BCUT2D eigenvalue weighted by atomic mass is 32.2. The summed E-state index contributed by atoms with van der Waals surface area (Å²) >= 11 is 1.89. The normalized spacial score (nSPS) is 30.2. The molecule has 2 fully saturated rings. The van der Waals surface area contributed by atoms with Gasteiger partial charge in [0.05, 0.1) is 24.9 Å². The molecule has 100 valence electrons. The molecule has 2 rings (SSSR count). The first-order chi connectivity index (χ1) is 8.15. The summed E-state index contributed by atoms with van der Waals surface area (Å²) in [6.07, 6.45) is 2.01. The van der Waals surface area contributed by atoms with Gasteiger partial charge >= 0.3 is 0 Å². The number of nitrogens with one attached hydrogen (secondary N) is 1. The van der Waals surface area contributed by atoms with Gasteiger partial charge in [0.15, 0.2) is 0 Å². The van der Waals surface area contributed by atoms with Crippen molar-refractivity contribution in [1.29, 1.82) is 0 Å². The van der Waals surface area contributed by atoms with Crippen molar-refractivity contribution in [3.63, 3.8) is 0 Å². The first-order valence-electron chi connectivity index (χ1n) is 6.48.